The van der Waals surface area contributed by atoms with Crippen molar-refractivity contribution >= 4 is 0 Å². The van der Waals surface area contributed by atoms with Crippen LogP contribution in [0.3, 0.4) is 0 Å². The maximum Gasteiger partial charge on any atom is 0.0875 e. The molecule has 2 aromatic rings. The van der Waals surface area contributed by atoms with Crippen LogP contribution in [0.4, 0.5) is 0 Å². The number of aryl methyl sites for hydroxylation is 3. The lowest BCUT2D eigenvalue weighted by Crippen LogP contribution is -2.22. The van der Waals surface area contributed by atoms with E-state index in [0.29, 0.717) is 6.54 Å². The maximum absolute atomic E-state index is 10.8. The molecule has 0 aliphatic heterocycles. The molecule has 2 heteroatoms. The minimum absolute atomic E-state index is 0.0731. The van der Waals surface area contributed by atoms with Crippen LogP contribution in [0, 0.1) is 20.8 Å². The average molecular weight is 269 g/mol. The molecule has 2 unspecified atom stereocenters. The number of aliphatic hydroxyl groups excluding tert-OH is 1. The van der Waals surface area contributed by atoms with E-state index in [-0.39, 0.29) is 5.92 Å². The standard InChI is InChI=1S/C18H23NO/c1-12-7-4-5-10-15(12)16(11-19)18(20)17-13(2)8-6-9-14(17)3/h4-10,16,18,20H,11,19H2,1-3H3. The van der Waals surface area contributed by atoms with Crippen molar-refractivity contribution in [2.45, 2.75) is 32.8 Å². The first kappa shape index (κ1) is 14.8. The molecule has 0 amide bonds. The van der Waals surface area contributed by atoms with Crippen LogP contribution in [0.2, 0.25) is 0 Å². The first-order chi connectivity index (χ1) is 9.56. The summed E-state index contributed by atoms with van der Waals surface area (Å²) < 4.78 is 0. The molecule has 2 aromatic carbocycles. The van der Waals surface area contributed by atoms with Gasteiger partial charge in [0.1, 0.15) is 0 Å². The Labute approximate surface area is 121 Å². The molecule has 0 bridgehead atoms. The van der Waals surface area contributed by atoms with Gasteiger partial charge in [0.15, 0.2) is 0 Å². The number of hydrogen-bond donors (Lipinski definition) is 2. The van der Waals surface area contributed by atoms with Gasteiger partial charge in [0.05, 0.1) is 6.10 Å². The van der Waals surface area contributed by atoms with Crippen LogP contribution in [0.15, 0.2) is 42.5 Å². The average Bonchev–Trinajstić information content (AvgIpc) is 2.41. The number of hydrogen-bond acceptors (Lipinski definition) is 2. The third-order valence-electron chi connectivity index (χ3n) is 4.06. The van der Waals surface area contributed by atoms with Gasteiger partial charge in [-0.15, -0.1) is 0 Å². The Kier molecular flexibility index (Phi) is 4.58. The second-order valence-electron chi connectivity index (χ2n) is 5.45. The predicted octanol–water partition coefficient (Wildman–Crippen LogP) is 3.39. The second-order valence-corrected chi connectivity index (χ2v) is 5.45. The largest absolute Gasteiger partial charge is 0.388 e. The van der Waals surface area contributed by atoms with Crippen molar-refractivity contribution in [2.24, 2.45) is 5.73 Å². The molecule has 0 aliphatic rings. The van der Waals surface area contributed by atoms with Gasteiger partial charge in [-0.3, -0.25) is 0 Å². The molecule has 0 radical (unpaired) electrons. The molecular formula is C18H23NO. The SMILES string of the molecule is Cc1ccccc1C(CN)C(O)c1c(C)cccc1C. The van der Waals surface area contributed by atoms with Gasteiger partial charge < -0.3 is 10.8 Å². The lowest BCUT2D eigenvalue weighted by Gasteiger charge is -2.26. The third kappa shape index (κ3) is 2.77. The van der Waals surface area contributed by atoms with Crippen LogP contribution < -0.4 is 5.73 Å². The quantitative estimate of drug-likeness (QED) is 0.893. The summed E-state index contributed by atoms with van der Waals surface area (Å²) in [5, 5.41) is 10.8. The summed E-state index contributed by atoms with van der Waals surface area (Å²) in [5.41, 5.74) is 11.5. The summed E-state index contributed by atoms with van der Waals surface area (Å²) in [6.07, 6.45) is -0.567. The van der Waals surface area contributed by atoms with Crippen LogP contribution in [-0.2, 0) is 0 Å². The molecule has 106 valence electrons. The molecule has 3 N–H and O–H groups in total. The number of benzene rings is 2. The van der Waals surface area contributed by atoms with E-state index in [0.717, 1.165) is 22.3 Å². The number of aliphatic hydroxyl groups is 1. The van der Waals surface area contributed by atoms with Crippen molar-refractivity contribution in [1.82, 2.24) is 0 Å². The summed E-state index contributed by atoms with van der Waals surface area (Å²) in [6, 6.07) is 14.2. The lowest BCUT2D eigenvalue weighted by atomic mass is 9.84. The van der Waals surface area contributed by atoms with Gasteiger partial charge in [0.25, 0.3) is 0 Å². The van der Waals surface area contributed by atoms with Crippen molar-refractivity contribution < 1.29 is 5.11 Å². The van der Waals surface area contributed by atoms with Crippen LogP contribution in [0.1, 0.15) is 39.8 Å². The zero-order chi connectivity index (χ0) is 14.7. The molecule has 0 heterocycles. The van der Waals surface area contributed by atoms with E-state index in [1.165, 1.54) is 5.56 Å². The summed E-state index contributed by atoms with van der Waals surface area (Å²) in [4.78, 5) is 0. The molecule has 0 fully saturated rings. The van der Waals surface area contributed by atoms with Crippen molar-refractivity contribution in [2.75, 3.05) is 6.54 Å². The van der Waals surface area contributed by atoms with Crippen LogP contribution >= 0.6 is 0 Å². The molecule has 0 aromatic heterocycles. The monoisotopic (exact) mass is 269 g/mol. The smallest absolute Gasteiger partial charge is 0.0875 e. The summed E-state index contributed by atoms with van der Waals surface area (Å²) in [5.74, 6) is -0.0731. The summed E-state index contributed by atoms with van der Waals surface area (Å²) >= 11 is 0. The molecule has 0 saturated carbocycles. The van der Waals surface area contributed by atoms with E-state index < -0.39 is 6.10 Å². The van der Waals surface area contributed by atoms with Gasteiger partial charge in [-0.2, -0.15) is 0 Å². The second kappa shape index (κ2) is 6.21. The molecule has 2 atom stereocenters. The van der Waals surface area contributed by atoms with E-state index in [4.69, 9.17) is 5.73 Å². The van der Waals surface area contributed by atoms with Crippen LogP contribution in [0.25, 0.3) is 0 Å². The van der Waals surface area contributed by atoms with Gasteiger partial charge in [0, 0.05) is 12.5 Å². The molecule has 0 aliphatic carbocycles. The Balaban J connectivity index is 2.45. The van der Waals surface area contributed by atoms with Gasteiger partial charge in [-0.05, 0) is 48.6 Å². The van der Waals surface area contributed by atoms with Gasteiger partial charge in [-0.25, -0.2) is 0 Å². The molecule has 2 nitrogen and oxygen atoms in total. The van der Waals surface area contributed by atoms with E-state index in [2.05, 4.69) is 19.1 Å². The number of nitrogens with two attached hydrogens (primary N) is 1. The van der Waals surface area contributed by atoms with Crippen molar-refractivity contribution in [3.05, 3.63) is 70.3 Å². The predicted molar refractivity (Wildman–Crippen MR) is 83.9 cm³/mol. The third-order valence-corrected chi connectivity index (χ3v) is 4.06. The van der Waals surface area contributed by atoms with Crippen molar-refractivity contribution in [3.8, 4) is 0 Å². The zero-order valence-electron chi connectivity index (χ0n) is 12.4. The Morgan fingerprint density at radius 1 is 0.900 bits per heavy atom. The van der Waals surface area contributed by atoms with Crippen LogP contribution in [0.5, 0.6) is 0 Å². The molecule has 0 spiro atoms. The van der Waals surface area contributed by atoms with Gasteiger partial charge in [-0.1, -0.05) is 42.5 Å². The fourth-order valence-electron chi connectivity index (χ4n) is 2.92. The normalized spacial score (nSPS) is 14.1. The van der Waals surface area contributed by atoms with Crippen molar-refractivity contribution in [1.29, 1.82) is 0 Å². The molecular weight excluding hydrogens is 246 g/mol. The Morgan fingerprint density at radius 3 is 2.00 bits per heavy atom. The fraction of sp³-hybridized carbons (Fsp3) is 0.333. The van der Waals surface area contributed by atoms with E-state index in [1.807, 2.05) is 44.2 Å². The molecule has 20 heavy (non-hydrogen) atoms. The topological polar surface area (TPSA) is 46.2 Å². The van der Waals surface area contributed by atoms with Gasteiger partial charge in [0.2, 0.25) is 0 Å². The highest BCUT2D eigenvalue weighted by Crippen LogP contribution is 2.34. The Bertz CT molecular complexity index is 571. The Morgan fingerprint density at radius 2 is 1.45 bits per heavy atom. The fourth-order valence-corrected chi connectivity index (χ4v) is 2.92. The lowest BCUT2D eigenvalue weighted by molar-refractivity contribution is 0.146. The minimum Gasteiger partial charge on any atom is -0.388 e. The van der Waals surface area contributed by atoms with E-state index in [1.54, 1.807) is 0 Å². The highest BCUT2D eigenvalue weighted by atomic mass is 16.3. The van der Waals surface area contributed by atoms with E-state index in [9.17, 15) is 5.11 Å². The summed E-state index contributed by atoms with van der Waals surface area (Å²) in [6.45, 7) is 6.57. The minimum atomic E-state index is -0.567. The highest BCUT2D eigenvalue weighted by molar-refractivity contribution is 5.39. The number of rotatable bonds is 4. The van der Waals surface area contributed by atoms with Gasteiger partial charge >= 0.3 is 0 Å². The zero-order valence-corrected chi connectivity index (χ0v) is 12.4. The highest BCUT2D eigenvalue weighted by Gasteiger charge is 2.25. The van der Waals surface area contributed by atoms with E-state index >= 15 is 0 Å². The first-order valence-corrected chi connectivity index (χ1v) is 7.06. The summed E-state index contributed by atoms with van der Waals surface area (Å²) in [7, 11) is 0. The van der Waals surface area contributed by atoms with Crippen LogP contribution in [-0.4, -0.2) is 11.7 Å². The van der Waals surface area contributed by atoms with Crippen molar-refractivity contribution in [3.63, 3.8) is 0 Å². The Hall–Kier alpha value is -1.64. The molecule has 2 rings (SSSR count). The maximum atomic E-state index is 10.8. The molecule has 0 saturated heterocycles. The first-order valence-electron chi connectivity index (χ1n) is 7.06.